The molecule has 3 rings (SSSR count). The number of hydrogen-bond donors (Lipinski definition) is 2. The van der Waals surface area contributed by atoms with Crippen molar-refractivity contribution in [3.8, 4) is 11.3 Å². The van der Waals surface area contributed by atoms with Gasteiger partial charge in [-0.25, -0.2) is 4.98 Å². The van der Waals surface area contributed by atoms with Gasteiger partial charge in [0.25, 0.3) is 0 Å². The molecule has 3 aromatic rings. The molecule has 2 N–H and O–H groups in total. The van der Waals surface area contributed by atoms with Crippen molar-refractivity contribution in [2.24, 2.45) is 0 Å². The largest absolute Gasteiger partial charge is 0.394 e. The highest BCUT2D eigenvalue weighted by atomic mass is 16.5. The summed E-state index contributed by atoms with van der Waals surface area (Å²) in [6.07, 6.45) is 2.20. The minimum Gasteiger partial charge on any atom is -0.394 e. The molecule has 6 heteroatoms. The number of nitrogens with zero attached hydrogens (tertiary/aromatic N) is 2. The molecule has 0 spiro atoms. The Kier molecular flexibility index (Phi) is 6.44. The van der Waals surface area contributed by atoms with Crippen molar-refractivity contribution in [1.82, 2.24) is 14.7 Å². The Bertz CT molecular complexity index is 979. The smallest absolute Gasteiger partial charge is 0.226 e. The fraction of sp³-hybridized carbons (Fsp3) is 0.364. The second-order valence-electron chi connectivity index (χ2n) is 7.00. The van der Waals surface area contributed by atoms with E-state index in [-0.39, 0.29) is 25.5 Å². The second kappa shape index (κ2) is 8.99. The van der Waals surface area contributed by atoms with Gasteiger partial charge < -0.3 is 19.6 Å². The number of aliphatic hydroxyl groups excluding tert-OH is 1. The van der Waals surface area contributed by atoms with Gasteiger partial charge in [0.1, 0.15) is 5.65 Å². The molecular formula is C22H27N3O3. The van der Waals surface area contributed by atoms with Gasteiger partial charge in [0.2, 0.25) is 5.91 Å². The third-order valence-corrected chi connectivity index (χ3v) is 4.79. The number of imidazole rings is 1. The topological polar surface area (TPSA) is 75.9 Å². The molecule has 28 heavy (non-hydrogen) atoms. The molecule has 2 heterocycles. The van der Waals surface area contributed by atoms with Gasteiger partial charge in [-0.1, -0.05) is 12.1 Å². The van der Waals surface area contributed by atoms with Crippen molar-refractivity contribution in [3.63, 3.8) is 0 Å². The molecule has 6 nitrogen and oxygen atoms in total. The van der Waals surface area contributed by atoms with Gasteiger partial charge in [-0.05, 0) is 55.7 Å². The van der Waals surface area contributed by atoms with Crippen molar-refractivity contribution in [2.45, 2.75) is 27.2 Å². The predicted molar refractivity (Wildman–Crippen MR) is 109 cm³/mol. The van der Waals surface area contributed by atoms with E-state index < -0.39 is 0 Å². The van der Waals surface area contributed by atoms with Crippen LogP contribution >= 0.6 is 0 Å². The first kappa shape index (κ1) is 20.0. The maximum absolute atomic E-state index is 12.5. The molecule has 0 saturated heterocycles. The van der Waals surface area contributed by atoms with E-state index in [1.54, 1.807) is 0 Å². The van der Waals surface area contributed by atoms with E-state index in [1.165, 1.54) is 11.1 Å². The first-order valence-corrected chi connectivity index (χ1v) is 9.50. The summed E-state index contributed by atoms with van der Waals surface area (Å²) in [5, 5.41) is 11.6. The second-order valence-corrected chi connectivity index (χ2v) is 7.00. The van der Waals surface area contributed by atoms with Gasteiger partial charge in [0.05, 0.1) is 37.6 Å². The molecule has 0 radical (unpaired) electrons. The van der Waals surface area contributed by atoms with Crippen molar-refractivity contribution >= 4 is 11.6 Å². The molecule has 0 aliphatic rings. The van der Waals surface area contributed by atoms with Crippen molar-refractivity contribution in [3.05, 3.63) is 58.9 Å². The standard InChI is InChI=1S/C22H27N3O3/c1-15-6-8-25-19(14-21(27)23-7-10-28-11-9-26)22(24-20(25)12-15)18-5-4-16(2)17(3)13-18/h4-6,8,12-13,26H,7,9-11,14H2,1-3H3,(H,23,27). The normalized spacial score (nSPS) is 11.1. The summed E-state index contributed by atoms with van der Waals surface area (Å²) in [5.41, 5.74) is 7.10. The Balaban J connectivity index is 1.88. The predicted octanol–water partition coefficient (Wildman–Crippen LogP) is 2.59. The molecule has 1 amide bonds. The number of carbonyl (C=O) groups is 1. The van der Waals surface area contributed by atoms with Gasteiger partial charge in [0.15, 0.2) is 0 Å². The van der Waals surface area contributed by atoms with Crippen LogP contribution in [0, 0.1) is 20.8 Å². The van der Waals surface area contributed by atoms with Crippen LogP contribution in [0.25, 0.3) is 16.9 Å². The molecule has 0 atom stereocenters. The van der Waals surface area contributed by atoms with Crippen LogP contribution in [0.5, 0.6) is 0 Å². The van der Waals surface area contributed by atoms with Crippen LogP contribution < -0.4 is 5.32 Å². The summed E-state index contributed by atoms with van der Waals surface area (Å²) in [5.74, 6) is -0.0833. The minimum absolute atomic E-state index is 0.0193. The molecule has 148 valence electrons. The van der Waals surface area contributed by atoms with Crippen LogP contribution in [-0.4, -0.2) is 46.8 Å². The van der Waals surface area contributed by atoms with E-state index in [9.17, 15) is 4.79 Å². The van der Waals surface area contributed by atoms with Gasteiger partial charge in [-0.3, -0.25) is 4.79 Å². The number of pyridine rings is 1. The number of aryl methyl sites for hydroxylation is 3. The maximum Gasteiger partial charge on any atom is 0.226 e. The summed E-state index contributed by atoms with van der Waals surface area (Å²) in [6, 6.07) is 10.3. The number of aromatic nitrogens is 2. The number of nitrogens with one attached hydrogen (secondary N) is 1. The van der Waals surface area contributed by atoms with Gasteiger partial charge >= 0.3 is 0 Å². The van der Waals surface area contributed by atoms with E-state index in [2.05, 4.69) is 37.4 Å². The van der Waals surface area contributed by atoms with Crippen LogP contribution in [0.3, 0.4) is 0 Å². The van der Waals surface area contributed by atoms with Crippen LogP contribution in [0.15, 0.2) is 36.5 Å². The zero-order valence-electron chi connectivity index (χ0n) is 16.7. The Labute approximate surface area is 165 Å². The van der Waals surface area contributed by atoms with Crippen LogP contribution in [-0.2, 0) is 16.0 Å². The van der Waals surface area contributed by atoms with Gasteiger partial charge in [-0.2, -0.15) is 0 Å². The fourth-order valence-electron chi connectivity index (χ4n) is 3.13. The molecule has 0 saturated carbocycles. The summed E-state index contributed by atoms with van der Waals surface area (Å²) in [6.45, 7) is 7.24. The molecule has 0 bridgehead atoms. The molecule has 0 aliphatic heterocycles. The molecule has 0 fully saturated rings. The lowest BCUT2D eigenvalue weighted by atomic mass is 10.0. The molecular weight excluding hydrogens is 354 g/mol. The van der Waals surface area contributed by atoms with E-state index >= 15 is 0 Å². The first-order valence-electron chi connectivity index (χ1n) is 9.50. The number of aliphatic hydroxyl groups is 1. The summed E-state index contributed by atoms with van der Waals surface area (Å²) in [7, 11) is 0. The highest BCUT2D eigenvalue weighted by Gasteiger charge is 2.17. The summed E-state index contributed by atoms with van der Waals surface area (Å²) >= 11 is 0. The number of rotatable bonds is 8. The van der Waals surface area contributed by atoms with Gasteiger partial charge in [-0.15, -0.1) is 0 Å². The SMILES string of the molecule is Cc1ccn2c(CC(=O)NCCOCCO)c(-c3ccc(C)c(C)c3)nc2c1. The van der Waals surface area contributed by atoms with Crippen LogP contribution in [0.1, 0.15) is 22.4 Å². The molecule has 2 aromatic heterocycles. The third kappa shape index (κ3) is 4.58. The lowest BCUT2D eigenvalue weighted by molar-refractivity contribution is -0.120. The van der Waals surface area contributed by atoms with E-state index in [1.807, 2.05) is 29.7 Å². The lowest BCUT2D eigenvalue weighted by Gasteiger charge is -2.09. The van der Waals surface area contributed by atoms with Crippen LogP contribution in [0.2, 0.25) is 0 Å². The van der Waals surface area contributed by atoms with E-state index in [0.717, 1.165) is 28.2 Å². The van der Waals surface area contributed by atoms with Crippen molar-refractivity contribution in [1.29, 1.82) is 0 Å². The number of carbonyl (C=O) groups excluding carboxylic acids is 1. The number of fused-ring (bicyclic) bond motifs is 1. The Hall–Kier alpha value is -2.70. The zero-order valence-corrected chi connectivity index (χ0v) is 16.7. The lowest BCUT2D eigenvalue weighted by Crippen LogP contribution is -2.29. The highest BCUT2D eigenvalue weighted by Crippen LogP contribution is 2.27. The van der Waals surface area contributed by atoms with Crippen molar-refractivity contribution in [2.75, 3.05) is 26.4 Å². The Morgan fingerprint density at radius 3 is 2.71 bits per heavy atom. The van der Waals surface area contributed by atoms with E-state index in [4.69, 9.17) is 14.8 Å². The fourth-order valence-corrected chi connectivity index (χ4v) is 3.13. The van der Waals surface area contributed by atoms with Gasteiger partial charge in [0, 0.05) is 18.3 Å². The minimum atomic E-state index is -0.0833. The number of hydrogen-bond acceptors (Lipinski definition) is 4. The number of ether oxygens (including phenoxy) is 1. The number of amides is 1. The van der Waals surface area contributed by atoms with Crippen molar-refractivity contribution < 1.29 is 14.6 Å². The summed E-state index contributed by atoms with van der Waals surface area (Å²) in [4.78, 5) is 17.3. The first-order chi connectivity index (χ1) is 13.5. The summed E-state index contributed by atoms with van der Waals surface area (Å²) < 4.78 is 7.17. The molecule has 0 unspecified atom stereocenters. The van der Waals surface area contributed by atoms with E-state index in [0.29, 0.717) is 13.2 Å². The monoisotopic (exact) mass is 381 g/mol. The Morgan fingerprint density at radius 2 is 1.96 bits per heavy atom. The number of benzene rings is 1. The molecule has 1 aromatic carbocycles. The molecule has 0 aliphatic carbocycles. The Morgan fingerprint density at radius 1 is 1.14 bits per heavy atom. The quantitative estimate of drug-likeness (QED) is 0.588. The van der Waals surface area contributed by atoms with Crippen LogP contribution in [0.4, 0.5) is 0 Å². The average Bonchev–Trinajstić information content (AvgIpc) is 3.01. The zero-order chi connectivity index (χ0) is 20.1. The average molecular weight is 381 g/mol. The maximum atomic E-state index is 12.5. The third-order valence-electron chi connectivity index (χ3n) is 4.79. The highest BCUT2D eigenvalue weighted by molar-refractivity contribution is 5.81.